The Morgan fingerprint density at radius 3 is 2.78 bits per heavy atom. The summed E-state index contributed by atoms with van der Waals surface area (Å²) in [6, 6.07) is 1.63. The van der Waals surface area contributed by atoms with Crippen LogP contribution < -0.4 is 10.6 Å². The zero-order valence-electron chi connectivity index (χ0n) is 9.39. The summed E-state index contributed by atoms with van der Waals surface area (Å²) in [7, 11) is 0. The Morgan fingerprint density at radius 2 is 2.17 bits per heavy atom. The molecule has 0 aliphatic heterocycles. The largest absolute Gasteiger partial charge is 0.465 e. The molecule has 0 unspecified atom stereocenters. The Morgan fingerprint density at radius 1 is 1.44 bits per heavy atom. The molecule has 0 aromatic carbocycles. The van der Waals surface area contributed by atoms with Crippen LogP contribution in [0.25, 0.3) is 0 Å². The predicted octanol–water partition coefficient (Wildman–Crippen LogP) is 1.83. The summed E-state index contributed by atoms with van der Waals surface area (Å²) in [5.74, 6) is -0.249. The van der Waals surface area contributed by atoms with Crippen LogP contribution in [0.15, 0.2) is 22.9 Å². The molecular weight excluding hydrogens is 302 g/mol. The molecule has 0 spiro atoms. The Kier molecular flexibility index (Phi) is 3.81. The van der Waals surface area contributed by atoms with Gasteiger partial charge >= 0.3 is 6.09 Å². The van der Waals surface area contributed by atoms with E-state index < -0.39 is 6.09 Å². The van der Waals surface area contributed by atoms with Gasteiger partial charge in [0.25, 0.3) is 0 Å². The van der Waals surface area contributed by atoms with Crippen molar-refractivity contribution in [3.8, 4) is 0 Å². The van der Waals surface area contributed by atoms with Crippen molar-refractivity contribution in [2.75, 3.05) is 5.32 Å². The zero-order chi connectivity index (χ0) is 13.1. The number of hydrogen-bond acceptors (Lipinski definition) is 3. The Hall–Kier alpha value is -1.63. The predicted molar refractivity (Wildman–Crippen MR) is 68.2 cm³/mol. The first-order valence-electron chi connectivity index (χ1n) is 5.46. The van der Waals surface area contributed by atoms with Crippen LogP contribution >= 0.6 is 15.9 Å². The molecule has 1 saturated carbocycles. The van der Waals surface area contributed by atoms with Crippen molar-refractivity contribution in [3.63, 3.8) is 0 Å². The third kappa shape index (κ3) is 2.98. The number of carbonyl (C=O) groups excluding carboxylic acids is 1. The topological polar surface area (TPSA) is 91.3 Å². The van der Waals surface area contributed by atoms with Crippen molar-refractivity contribution in [2.24, 2.45) is 5.92 Å². The lowest BCUT2D eigenvalue weighted by Crippen LogP contribution is -2.47. The lowest BCUT2D eigenvalue weighted by molar-refractivity contribution is -0.122. The van der Waals surface area contributed by atoms with Crippen LogP contribution in [0.4, 0.5) is 10.5 Å². The van der Waals surface area contributed by atoms with E-state index in [1.165, 1.54) is 0 Å². The highest BCUT2D eigenvalue weighted by molar-refractivity contribution is 9.10. The molecule has 0 atom stereocenters. The summed E-state index contributed by atoms with van der Waals surface area (Å²) in [5, 5.41) is 13.6. The number of nitrogens with zero attached hydrogens (tertiary/aromatic N) is 1. The van der Waals surface area contributed by atoms with Gasteiger partial charge < -0.3 is 15.7 Å². The monoisotopic (exact) mass is 313 g/mol. The van der Waals surface area contributed by atoms with Crippen LogP contribution in [-0.4, -0.2) is 28.1 Å². The van der Waals surface area contributed by atoms with Gasteiger partial charge in [0.05, 0.1) is 11.9 Å². The highest BCUT2D eigenvalue weighted by Crippen LogP contribution is 2.29. The summed E-state index contributed by atoms with van der Waals surface area (Å²) in [6.45, 7) is 0. The van der Waals surface area contributed by atoms with E-state index in [1.807, 2.05) is 0 Å². The zero-order valence-corrected chi connectivity index (χ0v) is 11.0. The molecule has 0 saturated heterocycles. The number of nitrogens with one attached hydrogen (secondary N) is 2. The Balaban J connectivity index is 1.84. The molecule has 2 rings (SSSR count). The van der Waals surface area contributed by atoms with E-state index in [1.54, 1.807) is 18.5 Å². The van der Waals surface area contributed by atoms with Gasteiger partial charge in [-0.15, -0.1) is 0 Å². The number of halogens is 1. The van der Waals surface area contributed by atoms with Crippen LogP contribution in [0.5, 0.6) is 0 Å². The summed E-state index contributed by atoms with van der Waals surface area (Å²) < 4.78 is 0.769. The van der Waals surface area contributed by atoms with Crippen molar-refractivity contribution < 1.29 is 14.7 Å². The van der Waals surface area contributed by atoms with Gasteiger partial charge in [-0.1, -0.05) is 0 Å². The minimum atomic E-state index is -1.05. The third-order valence-electron chi connectivity index (χ3n) is 2.86. The maximum absolute atomic E-state index is 11.8. The van der Waals surface area contributed by atoms with Gasteiger partial charge in [0.1, 0.15) is 0 Å². The number of amides is 2. The average Bonchev–Trinajstić information content (AvgIpc) is 2.25. The van der Waals surface area contributed by atoms with E-state index in [0.29, 0.717) is 18.5 Å². The minimum absolute atomic E-state index is 0.105. The van der Waals surface area contributed by atoms with E-state index in [-0.39, 0.29) is 17.9 Å². The first kappa shape index (κ1) is 12.8. The van der Waals surface area contributed by atoms with Crippen LogP contribution in [0.1, 0.15) is 12.8 Å². The lowest BCUT2D eigenvalue weighted by Gasteiger charge is -2.33. The van der Waals surface area contributed by atoms with E-state index >= 15 is 0 Å². The molecule has 96 valence electrons. The van der Waals surface area contributed by atoms with Gasteiger partial charge in [0, 0.05) is 22.6 Å². The molecule has 6 nitrogen and oxygen atoms in total. The van der Waals surface area contributed by atoms with E-state index in [9.17, 15) is 9.59 Å². The van der Waals surface area contributed by atoms with Crippen molar-refractivity contribution in [1.82, 2.24) is 10.3 Å². The number of pyridine rings is 1. The standard InChI is InChI=1S/C11H12BrN3O3/c12-8-1-2-13-5-9(8)15-10(16)6-3-7(4-6)14-11(17)18/h1-2,5-7,14H,3-4H2,(H,15,16)(H,17,18). The second-order valence-corrected chi connectivity index (χ2v) is 5.01. The summed E-state index contributed by atoms with van der Waals surface area (Å²) in [5.41, 5.74) is 0.622. The highest BCUT2D eigenvalue weighted by Gasteiger charge is 2.35. The molecule has 18 heavy (non-hydrogen) atoms. The lowest BCUT2D eigenvalue weighted by atomic mass is 9.79. The second-order valence-electron chi connectivity index (χ2n) is 4.16. The SMILES string of the molecule is O=C(O)NC1CC(C(=O)Nc2cnccc2Br)C1. The molecule has 1 aliphatic carbocycles. The fraction of sp³-hybridized carbons (Fsp3) is 0.364. The molecule has 2 amide bonds. The number of carbonyl (C=O) groups is 2. The molecule has 7 heteroatoms. The molecule has 3 N–H and O–H groups in total. The molecule has 0 bridgehead atoms. The van der Waals surface area contributed by atoms with Crippen molar-refractivity contribution >= 4 is 33.6 Å². The molecule has 1 aromatic rings. The van der Waals surface area contributed by atoms with Crippen LogP contribution in [0.3, 0.4) is 0 Å². The van der Waals surface area contributed by atoms with E-state index in [4.69, 9.17) is 5.11 Å². The smallest absolute Gasteiger partial charge is 0.404 e. The van der Waals surface area contributed by atoms with Crippen molar-refractivity contribution in [1.29, 1.82) is 0 Å². The summed E-state index contributed by atoms with van der Waals surface area (Å²) in [4.78, 5) is 26.2. The molecule has 1 fully saturated rings. The fourth-order valence-corrected chi connectivity index (χ4v) is 2.15. The number of carboxylic acid groups (broad SMARTS) is 1. The second kappa shape index (κ2) is 5.34. The Bertz CT molecular complexity index is 474. The first-order valence-corrected chi connectivity index (χ1v) is 6.25. The average molecular weight is 314 g/mol. The normalized spacial score (nSPS) is 21.8. The van der Waals surface area contributed by atoms with Gasteiger partial charge in [-0.2, -0.15) is 0 Å². The van der Waals surface area contributed by atoms with Gasteiger partial charge in [-0.3, -0.25) is 9.78 Å². The van der Waals surface area contributed by atoms with E-state index in [0.717, 1.165) is 4.47 Å². The van der Waals surface area contributed by atoms with Gasteiger partial charge in [-0.25, -0.2) is 4.79 Å². The van der Waals surface area contributed by atoms with E-state index in [2.05, 4.69) is 31.5 Å². The Labute approximate surface area is 112 Å². The summed E-state index contributed by atoms with van der Waals surface area (Å²) in [6.07, 6.45) is 3.21. The maximum atomic E-state index is 11.8. The van der Waals surface area contributed by atoms with Crippen LogP contribution in [-0.2, 0) is 4.79 Å². The maximum Gasteiger partial charge on any atom is 0.404 e. The van der Waals surface area contributed by atoms with Crippen molar-refractivity contribution in [2.45, 2.75) is 18.9 Å². The molecule has 0 radical (unpaired) electrons. The number of aromatic nitrogens is 1. The number of anilines is 1. The number of hydrogen-bond donors (Lipinski definition) is 3. The molecule has 1 aliphatic rings. The molecular formula is C11H12BrN3O3. The van der Waals surface area contributed by atoms with Gasteiger partial charge in [0.15, 0.2) is 0 Å². The van der Waals surface area contributed by atoms with Crippen molar-refractivity contribution in [3.05, 3.63) is 22.9 Å². The third-order valence-corrected chi connectivity index (χ3v) is 3.55. The highest BCUT2D eigenvalue weighted by atomic mass is 79.9. The summed E-state index contributed by atoms with van der Waals surface area (Å²) >= 11 is 3.31. The molecule has 1 aromatic heterocycles. The minimum Gasteiger partial charge on any atom is -0.465 e. The quantitative estimate of drug-likeness (QED) is 0.794. The van der Waals surface area contributed by atoms with Crippen LogP contribution in [0, 0.1) is 5.92 Å². The van der Waals surface area contributed by atoms with Gasteiger partial charge in [-0.05, 0) is 34.8 Å². The number of rotatable bonds is 3. The first-order chi connectivity index (χ1) is 8.56. The van der Waals surface area contributed by atoms with Gasteiger partial charge in [0.2, 0.25) is 5.91 Å². The fourth-order valence-electron chi connectivity index (χ4n) is 1.83. The molecule has 1 heterocycles. The van der Waals surface area contributed by atoms with Crippen LogP contribution in [0.2, 0.25) is 0 Å².